The third kappa shape index (κ3) is 3.39. The zero-order valence-corrected chi connectivity index (χ0v) is 14.3. The van der Waals surface area contributed by atoms with Crippen LogP contribution in [0.2, 0.25) is 0 Å². The Labute approximate surface area is 120 Å². The van der Waals surface area contributed by atoms with E-state index < -0.39 is 0 Å². The van der Waals surface area contributed by atoms with Crippen LogP contribution in [0.5, 0.6) is 5.75 Å². The quantitative estimate of drug-likeness (QED) is 0.646. The fraction of sp³-hybridized carbons (Fsp3) is 0.529. The first kappa shape index (κ1) is 16.2. The van der Waals surface area contributed by atoms with Gasteiger partial charge in [-0.25, -0.2) is 0 Å². The van der Waals surface area contributed by atoms with Crippen molar-refractivity contribution in [3.8, 4) is 5.75 Å². The summed E-state index contributed by atoms with van der Waals surface area (Å²) in [5.41, 5.74) is 5.27. The maximum Gasteiger partial charge on any atom is 0.134 e. The molecule has 0 aliphatic heterocycles. The van der Waals surface area contributed by atoms with Gasteiger partial charge in [0.15, 0.2) is 0 Å². The Balaban J connectivity index is 3.70. The molecule has 106 valence electrons. The predicted octanol–water partition coefficient (Wildman–Crippen LogP) is 5.66. The van der Waals surface area contributed by atoms with Crippen molar-refractivity contribution in [2.75, 3.05) is 6.66 Å². The molecule has 1 aromatic carbocycles. The van der Waals surface area contributed by atoms with Gasteiger partial charge < -0.3 is 4.52 Å². The average Bonchev–Trinajstić information content (AvgIpc) is 2.27. The van der Waals surface area contributed by atoms with Crippen LogP contribution < -0.4 is 4.52 Å². The third-order valence-electron chi connectivity index (χ3n) is 3.40. The lowest BCUT2D eigenvalue weighted by atomic mass is 9.79. The lowest BCUT2D eigenvalue weighted by molar-refractivity contribution is 0.536. The molecule has 0 saturated carbocycles. The number of hydrogen-bond donors (Lipinski definition) is 0. The first-order valence-corrected chi connectivity index (χ1v) is 8.28. The molecule has 0 aromatic heterocycles. The summed E-state index contributed by atoms with van der Waals surface area (Å²) in [6.07, 6.45) is 1.91. The first-order chi connectivity index (χ1) is 8.73. The minimum Gasteiger partial charge on any atom is -0.477 e. The van der Waals surface area contributed by atoms with Gasteiger partial charge in [0, 0.05) is 11.1 Å². The SMILES string of the molecule is C=Cc1cc(C(C)C)c(C)c(C(C)(C)C)c1OPC. The maximum absolute atomic E-state index is 5.96. The van der Waals surface area contributed by atoms with E-state index in [9.17, 15) is 0 Å². The van der Waals surface area contributed by atoms with E-state index in [4.69, 9.17) is 4.52 Å². The van der Waals surface area contributed by atoms with Crippen LogP contribution in [0.3, 0.4) is 0 Å². The van der Waals surface area contributed by atoms with Gasteiger partial charge in [0.2, 0.25) is 0 Å². The average molecular weight is 278 g/mol. The van der Waals surface area contributed by atoms with Crippen molar-refractivity contribution in [1.82, 2.24) is 0 Å². The molecule has 0 saturated heterocycles. The van der Waals surface area contributed by atoms with E-state index in [1.807, 2.05) is 6.08 Å². The second-order valence-electron chi connectivity index (χ2n) is 6.30. The highest BCUT2D eigenvalue weighted by Crippen LogP contribution is 2.42. The number of rotatable bonds is 4. The lowest BCUT2D eigenvalue weighted by Crippen LogP contribution is -2.17. The molecule has 1 nitrogen and oxygen atoms in total. The second kappa shape index (κ2) is 6.09. The van der Waals surface area contributed by atoms with Gasteiger partial charge in [0.1, 0.15) is 5.75 Å². The van der Waals surface area contributed by atoms with E-state index in [0.717, 1.165) is 11.3 Å². The number of hydrogen-bond acceptors (Lipinski definition) is 1. The van der Waals surface area contributed by atoms with Gasteiger partial charge in [-0.15, -0.1) is 0 Å². The van der Waals surface area contributed by atoms with Gasteiger partial charge in [-0.1, -0.05) is 47.3 Å². The Hall–Kier alpha value is -0.810. The topological polar surface area (TPSA) is 9.23 Å². The molecule has 19 heavy (non-hydrogen) atoms. The monoisotopic (exact) mass is 278 g/mol. The van der Waals surface area contributed by atoms with Gasteiger partial charge in [-0.3, -0.25) is 0 Å². The van der Waals surface area contributed by atoms with Crippen molar-refractivity contribution in [3.05, 3.63) is 34.9 Å². The van der Waals surface area contributed by atoms with Crippen LogP contribution in [-0.4, -0.2) is 6.66 Å². The van der Waals surface area contributed by atoms with Crippen molar-refractivity contribution in [2.24, 2.45) is 0 Å². The minimum atomic E-state index is 0.0712. The summed E-state index contributed by atoms with van der Waals surface area (Å²) in [5, 5.41) is 0. The summed E-state index contributed by atoms with van der Waals surface area (Å²) < 4.78 is 5.96. The zero-order chi connectivity index (χ0) is 14.8. The molecule has 0 fully saturated rings. The largest absolute Gasteiger partial charge is 0.477 e. The summed E-state index contributed by atoms with van der Waals surface area (Å²) in [4.78, 5) is 0. The molecule has 0 bridgehead atoms. The molecule has 0 aliphatic carbocycles. The van der Waals surface area contributed by atoms with E-state index in [1.165, 1.54) is 16.7 Å². The van der Waals surface area contributed by atoms with Crippen molar-refractivity contribution in [2.45, 2.75) is 52.9 Å². The summed E-state index contributed by atoms with van der Waals surface area (Å²) in [6.45, 7) is 19.5. The molecule has 0 aliphatic rings. The normalized spacial score (nSPS) is 12.4. The van der Waals surface area contributed by atoms with Crippen LogP contribution in [0.4, 0.5) is 0 Å². The highest BCUT2D eigenvalue weighted by molar-refractivity contribution is 7.31. The molecule has 0 N–H and O–H groups in total. The van der Waals surface area contributed by atoms with E-state index in [0.29, 0.717) is 14.7 Å². The van der Waals surface area contributed by atoms with Gasteiger partial charge in [0.25, 0.3) is 0 Å². The Morgan fingerprint density at radius 1 is 1.32 bits per heavy atom. The molecule has 1 aromatic rings. The molecule has 2 heteroatoms. The van der Waals surface area contributed by atoms with Crippen LogP contribution in [0, 0.1) is 6.92 Å². The van der Waals surface area contributed by atoms with E-state index in [-0.39, 0.29) is 5.41 Å². The smallest absolute Gasteiger partial charge is 0.134 e. The Morgan fingerprint density at radius 2 is 1.89 bits per heavy atom. The second-order valence-corrected chi connectivity index (χ2v) is 6.91. The molecule has 0 radical (unpaired) electrons. The summed E-state index contributed by atoms with van der Waals surface area (Å²) in [6, 6.07) is 2.23. The fourth-order valence-electron chi connectivity index (χ4n) is 2.67. The summed E-state index contributed by atoms with van der Waals surface area (Å²) >= 11 is 0. The van der Waals surface area contributed by atoms with E-state index in [2.05, 4.69) is 60.9 Å². The first-order valence-electron chi connectivity index (χ1n) is 6.88. The van der Waals surface area contributed by atoms with Crippen molar-refractivity contribution < 1.29 is 4.52 Å². The van der Waals surface area contributed by atoms with Gasteiger partial charge in [-0.2, -0.15) is 0 Å². The number of benzene rings is 1. The van der Waals surface area contributed by atoms with Crippen molar-refractivity contribution in [3.63, 3.8) is 0 Å². The van der Waals surface area contributed by atoms with Crippen molar-refractivity contribution >= 4 is 14.9 Å². The Kier molecular flexibility index (Phi) is 5.21. The third-order valence-corrected chi connectivity index (χ3v) is 3.81. The standard InChI is InChI=1S/C17H27OP/c1-9-13-10-14(11(2)3)12(4)15(17(5,6)7)16(13)18-19-8/h9-11,19H,1H2,2-8H3. The van der Waals surface area contributed by atoms with Gasteiger partial charge in [0.05, 0.1) is 8.81 Å². The minimum absolute atomic E-state index is 0.0712. The lowest BCUT2D eigenvalue weighted by Gasteiger charge is -2.29. The van der Waals surface area contributed by atoms with E-state index in [1.54, 1.807) is 0 Å². The highest BCUT2D eigenvalue weighted by Gasteiger charge is 2.26. The molecule has 0 amide bonds. The Morgan fingerprint density at radius 3 is 2.26 bits per heavy atom. The molecule has 1 unspecified atom stereocenters. The highest BCUT2D eigenvalue weighted by atomic mass is 31.1. The van der Waals surface area contributed by atoms with Crippen LogP contribution in [0.1, 0.15) is 62.8 Å². The van der Waals surface area contributed by atoms with Crippen molar-refractivity contribution in [1.29, 1.82) is 0 Å². The van der Waals surface area contributed by atoms with Gasteiger partial charge >= 0.3 is 0 Å². The molecule has 0 spiro atoms. The van der Waals surface area contributed by atoms with Crippen LogP contribution in [0.25, 0.3) is 6.08 Å². The fourth-order valence-corrected chi connectivity index (χ4v) is 3.09. The molecular formula is C17H27OP. The molecule has 1 rings (SSSR count). The molecular weight excluding hydrogens is 251 g/mol. The summed E-state index contributed by atoms with van der Waals surface area (Å²) in [7, 11) is 0.450. The predicted molar refractivity (Wildman–Crippen MR) is 88.9 cm³/mol. The van der Waals surface area contributed by atoms with Gasteiger partial charge in [-0.05, 0) is 42.1 Å². The Bertz CT molecular complexity index is 467. The molecule has 0 heterocycles. The zero-order valence-electron chi connectivity index (χ0n) is 13.3. The maximum atomic E-state index is 5.96. The summed E-state index contributed by atoms with van der Waals surface area (Å²) in [5.74, 6) is 1.53. The van der Waals surface area contributed by atoms with E-state index >= 15 is 0 Å². The van der Waals surface area contributed by atoms with Crippen LogP contribution >= 0.6 is 8.81 Å². The van der Waals surface area contributed by atoms with Crippen LogP contribution in [0.15, 0.2) is 12.6 Å². The molecule has 1 atom stereocenters. The van der Waals surface area contributed by atoms with Crippen LogP contribution in [-0.2, 0) is 5.41 Å².